The van der Waals surface area contributed by atoms with Crippen molar-refractivity contribution in [3.05, 3.63) is 24.3 Å². The zero-order valence-corrected chi connectivity index (χ0v) is 55.1. The first-order chi connectivity index (χ1) is 40.0. The van der Waals surface area contributed by atoms with Gasteiger partial charge in [-0.25, -0.2) is 0 Å². The Kier molecular flexibility index (Phi) is 68.5. The van der Waals surface area contributed by atoms with Gasteiger partial charge in [-0.05, 0) is 51.4 Å². The van der Waals surface area contributed by atoms with Gasteiger partial charge in [0.15, 0.2) is 6.10 Å². The molecule has 0 rings (SSSR count). The minimum Gasteiger partial charge on any atom is -0.462 e. The van der Waals surface area contributed by atoms with Crippen LogP contribution in [0.5, 0.6) is 0 Å². The molecule has 6 nitrogen and oxygen atoms in total. The van der Waals surface area contributed by atoms with Crippen LogP contribution in [0.25, 0.3) is 0 Å². The largest absolute Gasteiger partial charge is 0.462 e. The summed E-state index contributed by atoms with van der Waals surface area (Å²) in [5, 5.41) is 0. The summed E-state index contributed by atoms with van der Waals surface area (Å²) < 4.78 is 17.0. The van der Waals surface area contributed by atoms with Gasteiger partial charge in [0.05, 0.1) is 0 Å². The van der Waals surface area contributed by atoms with Crippen LogP contribution in [-0.4, -0.2) is 37.2 Å². The van der Waals surface area contributed by atoms with Gasteiger partial charge < -0.3 is 14.2 Å². The highest BCUT2D eigenvalue weighted by molar-refractivity contribution is 5.71. The minimum absolute atomic E-state index is 0.0657. The summed E-state index contributed by atoms with van der Waals surface area (Å²) in [4.78, 5) is 38.3. The van der Waals surface area contributed by atoms with Gasteiger partial charge in [0.25, 0.3) is 0 Å². The normalized spacial score (nSPS) is 12.1. The van der Waals surface area contributed by atoms with E-state index in [2.05, 4.69) is 45.1 Å². The fourth-order valence-electron chi connectivity index (χ4n) is 11.4. The third kappa shape index (κ3) is 68.6. The lowest BCUT2D eigenvalue weighted by molar-refractivity contribution is -0.167. The van der Waals surface area contributed by atoms with Gasteiger partial charge in [0, 0.05) is 19.3 Å². The van der Waals surface area contributed by atoms with Crippen LogP contribution in [0.3, 0.4) is 0 Å². The van der Waals surface area contributed by atoms with Gasteiger partial charge in [-0.15, -0.1) is 0 Å². The maximum Gasteiger partial charge on any atom is 0.306 e. The molecular formula is C75H142O6. The van der Waals surface area contributed by atoms with Crippen molar-refractivity contribution in [3.63, 3.8) is 0 Å². The molecule has 0 aliphatic carbocycles. The summed E-state index contributed by atoms with van der Waals surface area (Å²) in [5.74, 6) is -0.840. The Hall–Kier alpha value is -2.11. The van der Waals surface area contributed by atoms with Crippen molar-refractivity contribution >= 4 is 17.9 Å². The van der Waals surface area contributed by atoms with Gasteiger partial charge in [-0.2, -0.15) is 0 Å². The minimum atomic E-state index is -0.768. The fourth-order valence-corrected chi connectivity index (χ4v) is 11.4. The molecule has 1 atom stereocenters. The summed E-state index contributed by atoms with van der Waals surface area (Å²) in [6.07, 6.45) is 86.7. The number of hydrogen-bond acceptors (Lipinski definition) is 6. The predicted molar refractivity (Wildman–Crippen MR) is 353 cm³/mol. The molecule has 0 aliphatic heterocycles. The van der Waals surface area contributed by atoms with E-state index >= 15 is 0 Å². The number of carbonyl (C=O) groups excluding carboxylic acids is 3. The number of esters is 3. The molecule has 0 amide bonds. The lowest BCUT2D eigenvalue weighted by Gasteiger charge is -2.18. The van der Waals surface area contributed by atoms with Gasteiger partial charge in [-0.3, -0.25) is 14.4 Å². The molecule has 0 spiro atoms. The highest BCUT2D eigenvalue weighted by Crippen LogP contribution is 2.19. The molecule has 0 bridgehead atoms. The lowest BCUT2D eigenvalue weighted by atomic mass is 10.0. The second-order valence-electron chi connectivity index (χ2n) is 25.2. The van der Waals surface area contributed by atoms with Crippen LogP contribution in [0, 0.1) is 0 Å². The van der Waals surface area contributed by atoms with E-state index in [1.165, 1.54) is 315 Å². The number of unbranched alkanes of at least 4 members (excludes halogenated alkanes) is 54. The molecule has 0 saturated heterocycles. The SMILES string of the molecule is CCCCCCC/C=C\C/C=C\CCCCCCCCCCCCCC(=O)OC(COC(=O)CCCCCCCCCCC)COC(=O)CCCCCCCCCCCCCCCCCCCCCCCCCCCCCCCCC. The molecule has 0 aromatic heterocycles. The van der Waals surface area contributed by atoms with Crippen LogP contribution >= 0.6 is 0 Å². The average molecular weight is 1140 g/mol. The van der Waals surface area contributed by atoms with Gasteiger partial charge in [-0.1, -0.05) is 373 Å². The second-order valence-corrected chi connectivity index (χ2v) is 25.2. The zero-order valence-electron chi connectivity index (χ0n) is 55.1. The van der Waals surface area contributed by atoms with Crippen molar-refractivity contribution in [2.45, 2.75) is 425 Å². The van der Waals surface area contributed by atoms with Crippen molar-refractivity contribution in [3.8, 4) is 0 Å². The smallest absolute Gasteiger partial charge is 0.306 e. The van der Waals surface area contributed by atoms with E-state index < -0.39 is 6.10 Å². The topological polar surface area (TPSA) is 78.9 Å². The molecule has 6 heteroatoms. The van der Waals surface area contributed by atoms with Crippen molar-refractivity contribution < 1.29 is 28.6 Å². The first-order valence-corrected chi connectivity index (χ1v) is 36.8. The zero-order chi connectivity index (χ0) is 58.5. The number of allylic oxidation sites excluding steroid dienone is 4. The van der Waals surface area contributed by atoms with Crippen molar-refractivity contribution in [1.29, 1.82) is 0 Å². The van der Waals surface area contributed by atoms with Crippen LogP contribution < -0.4 is 0 Å². The Morgan fingerprint density at radius 1 is 0.247 bits per heavy atom. The van der Waals surface area contributed by atoms with E-state index in [1.807, 2.05) is 0 Å². The summed E-state index contributed by atoms with van der Waals surface area (Å²) in [6, 6.07) is 0. The molecule has 0 aliphatic rings. The van der Waals surface area contributed by atoms with Crippen LogP contribution in [0.4, 0.5) is 0 Å². The summed E-state index contributed by atoms with van der Waals surface area (Å²) in [5.41, 5.74) is 0. The van der Waals surface area contributed by atoms with E-state index in [0.29, 0.717) is 19.3 Å². The van der Waals surface area contributed by atoms with Crippen LogP contribution in [0.1, 0.15) is 419 Å². The Balaban J connectivity index is 4.05. The van der Waals surface area contributed by atoms with E-state index in [9.17, 15) is 14.4 Å². The Morgan fingerprint density at radius 2 is 0.444 bits per heavy atom. The molecule has 0 saturated carbocycles. The second kappa shape index (κ2) is 70.4. The van der Waals surface area contributed by atoms with Crippen LogP contribution in [0.2, 0.25) is 0 Å². The third-order valence-electron chi connectivity index (χ3n) is 17.0. The molecule has 81 heavy (non-hydrogen) atoms. The summed E-state index contributed by atoms with van der Waals surface area (Å²) >= 11 is 0. The Bertz CT molecular complexity index is 1310. The number of ether oxygens (including phenoxy) is 3. The predicted octanol–water partition coefficient (Wildman–Crippen LogP) is 25.3. The standard InChI is InChI=1S/C75H142O6/c1-4-7-10-13-16-19-21-23-25-27-29-31-33-34-35-36-37-38-39-40-42-43-45-47-49-51-53-56-59-62-65-68-74(77)80-71-72(70-79-73(76)67-64-61-58-55-18-15-12-9-6-3)81-75(78)69-66-63-60-57-54-52-50-48-46-44-41-32-30-28-26-24-22-20-17-14-11-8-5-2/h22,24,28,30,72H,4-21,23,25-27,29,31-71H2,1-3H3/b24-22-,30-28-. The van der Waals surface area contributed by atoms with Crippen LogP contribution in [-0.2, 0) is 28.6 Å². The Labute approximate surface area is 506 Å². The summed E-state index contributed by atoms with van der Waals surface area (Å²) in [7, 11) is 0. The lowest BCUT2D eigenvalue weighted by Crippen LogP contribution is -2.30. The molecule has 0 radical (unpaired) electrons. The maximum absolute atomic E-state index is 12.9. The van der Waals surface area contributed by atoms with Gasteiger partial charge >= 0.3 is 17.9 Å². The number of hydrogen-bond donors (Lipinski definition) is 0. The summed E-state index contributed by atoms with van der Waals surface area (Å²) in [6.45, 7) is 6.69. The van der Waals surface area contributed by atoms with E-state index in [1.54, 1.807) is 0 Å². The van der Waals surface area contributed by atoms with Crippen LogP contribution in [0.15, 0.2) is 24.3 Å². The quantitative estimate of drug-likeness (QED) is 0.0261. The molecule has 0 N–H and O–H groups in total. The molecule has 478 valence electrons. The number of rotatable bonds is 69. The van der Waals surface area contributed by atoms with E-state index in [0.717, 1.165) is 64.2 Å². The fraction of sp³-hybridized carbons (Fsp3) is 0.907. The first-order valence-electron chi connectivity index (χ1n) is 36.8. The van der Waals surface area contributed by atoms with Crippen molar-refractivity contribution in [1.82, 2.24) is 0 Å². The van der Waals surface area contributed by atoms with Gasteiger partial charge in [0.2, 0.25) is 0 Å². The third-order valence-corrected chi connectivity index (χ3v) is 17.0. The van der Waals surface area contributed by atoms with Gasteiger partial charge in [0.1, 0.15) is 13.2 Å². The molecular weight excluding hydrogens is 997 g/mol. The highest BCUT2D eigenvalue weighted by Gasteiger charge is 2.20. The highest BCUT2D eigenvalue weighted by atomic mass is 16.6. The Morgan fingerprint density at radius 3 is 0.679 bits per heavy atom. The average Bonchev–Trinajstić information content (AvgIpc) is 3.47. The maximum atomic E-state index is 12.9. The first kappa shape index (κ1) is 78.9. The van der Waals surface area contributed by atoms with Crippen molar-refractivity contribution in [2.24, 2.45) is 0 Å². The molecule has 0 aromatic rings. The molecule has 0 aromatic carbocycles. The molecule has 0 heterocycles. The molecule has 0 fully saturated rings. The van der Waals surface area contributed by atoms with E-state index in [-0.39, 0.29) is 31.1 Å². The van der Waals surface area contributed by atoms with E-state index in [4.69, 9.17) is 14.2 Å². The monoisotopic (exact) mass is 1140 g/mol. The number of carbonyl (C=O) groups is 3. The van der Waals surface area contributed by atoms with Crippen molar-refractivity contribution in [2.75, 3.05) is 13.2 Å². The molecule has 1 unspecified atom stereocenters.